The van der Waals surface area contributed by atoms with Crippen molar-refractivity contribution in [1.29, 1.82) is 0 Å². The second-order valence-corrected chi connectivity index (χ2v) is 6.06. The van der Waals surface area contributed by atoms with Crippen molar-refractivity contribution < 1.29 is 19.0 Å². The molecule has 0 aliphatic carbocycles. The van der Waals surface area contributed by atoms with Crippen LogP contribution in [0.15, 0.2) is 46.9 Å². The molecule has 0 saturated carbocycles. The van der Waals surface area contributed by atoms with Crippen LogP contribution >= 0.6 is 15.9 Å². The molecule has 0 saturated heterocycles. The predicted octanol–water partition coefficient (Wildman–Crippen LogP) is 3.72. The number of carbonyl (C=O) groups excluding carboxylic acids is 1. The van der Waals surface area contributed by atoms with Gasteiger partial charge in [-0.1, -0.05) is 22.0 Å². The lowest BCUT2D eigenvalue weighted by Crippen LogP contribution is -2.31. The first-order chi connectivity index (χ1) is 11.5. The van der Waals surface area contributed by atoms with Gasteiger partial charge in [0, 0.05) is 4.47 Å². The zero-order valence-corrected chi connectivity index (χ0v) is 15.4. The average molecular weight is 394 g/mol. The molecule has 6 heteroatoms. The average Bonchev–Trinajstić information content (AvgIpc) is 2.60. The first kappa shape index (κ1) is 18.1. The maximum atomic E-state index is 12.0. The van der Waals surface area contributed by atoms with Crippen LogP contribution in [0.5, 0.6) is 17.2 Å². The lowest BCUT2D eigenvalue weighted by molar-refractivity contribution is -0.123. The highest BCUT2D eigenvalue weighted by molar-refractivity contribution is 9.10. The van der Waals surface area contributed by atoms with Crippen molar-refractivity contribution in [3.63, 3.8) is 0 Å². The van der Waals surface area contributed by atoms with Crippen molar-refractivity contribution in [2.75, 3.05) is 20.8 Å². The summed E-state index contributed by atoms with van der Waals surface area (Å²) in [6.07, 6.45) is 0. The molecule has 0 unspecified atom stereocenters. The minimum absolute atomic E-state index is 0.0424. The smallest absolute Gasteiger partial charge is 0.258 e. The molecule has 5 nitrogen and oxygen atoms in total. The van der Waals surface area contributed by atoms with Gasteiger partial charge in [0.25, 0.3) is 5.91 Å². The van der Waals surface area contributed by atoms with Crippen LogP contribution in [-0.2, 0) is 4.79 Å². The zero-order chi connectivity index (χ0) is 17.5. The molecule has 1 N–H and O–H groups in total. The number of methoxy groups -OCH3 is 2. The van der Waals surface area contributed by atoms with Crippen LogP contribution in [0.25, 0.3) is 0 Å². The van der Waals surface area contributed by atoms with Gasteiger partial charge in [-0.2, -0.15) is 0 Å². The van der Waals surface area contributed by atoms with Crippen LogP contribution in [0, 0.1) is 0 Å². The molecule has 0 radical (unpaired) electrons. The zero-order valence-electron chi connectivity index (χ0n) is 13.8. The van der Waals surface area contributed by atoms with E-state index in [-0.39, 0.29) is 18.6 Å². The van der Waals surface area contributed by atoms with E-state index >= 15 is 0 Å². The summed E-state index contributed by atoms with van der Waals surface area (Å²) in [5.41, 5.74) is 0.921. The van der Waals surface area contributed by atoms with E-state index in [1.165, 1.54) is 0 Å². The van der Waals surface area contributed by atoms with E-state index in [0.717, 1.165) is 10.0 Å². The van der Waals surface area contributed by atoms with Crippen LogP contribution in [0.3, 0.4) is 0 Å². The minimum Gasteiger partial charge on any atom is -0.493 e. The van der Waals surface area contributed by atoms with E-state index in [1.54, 1.807) is 26.4 Å². The summed E-state index contributed by atoms with van der Waals surface area (Å²) in [5.74, 6) is 1.73. The third-order valence-electron chi connectivity index (χ3n) is 3.47. The van der Waals surface area contributed by atoms with Gasteiger partial charge in [0.2, 0.25) is 0 Å². The third-order valence-corrected chi connectivity index (χ3v) is 4.00. The van der Waals surface area contributed by atoms with E-state index in [0.29, 0.717) is 17.2 Å². The largest absolute Gasteiger partial charge is 0.493 e. The summed E-state index contributed by atoms with van der Waals surface area (Å²) < 4.78 is 16.9. The van der Waals surface area contributed by atoms with Gasteiger partial charge in [-0.15, -0.1) is 0 Å². The second-order valence-electron chi connectivity index (χ2n) is 5.15. The van der Waals surface area contributed by atoms with Crippen LogP contribution in [0.2, 0.25) is 0 Å². The normalized spacial score (nSPS) is 11.5. The van der Waals surface area contributed by atoms with Crippen molar-refractivity contribution in [3.8, 4) is 17.2 Å². The van der Waals surface area contributed by atoms with E-state index in [2.05, 4.69) is 21.2 Å². The number of ether oxygens (including phenoxy) is 3. The highest BCUT2D eigenvalue weighted by atomic mass is 79.9. The van der Waals surface area contributed by atoms with Gasteiger partial charge >= 0.3 is 0 Å². The molecule has 2 aromatic rings. The van der Waals surface area contributed by atoms with E-state index in [9.17, 15) is 4.79 Å². The second kappa shape index (κ2) is 8.59. The molecule has 0 aliphatic rings. The summed E-state index contributed by atoms with van der Waals surface area (Å²) >= 11 is 3.35. The molecule has 1 atom stereocenters. The van der Waals surface area contributed by atoms with Crippen LogP contribution in [0.1, 0.15) is 18.5 Å². The number of rotatable bonds is 7. The van der Waals surface area contributed by atoms with Crippen molar-refractivity contribution >= 4 is 21.8 Å². The summed E-state index contributed by atoms with van der Waals surface area (Å²) in [6.45, 7) is 1.86. The predicted molar refractivity (Wildman–Crippen MR) is 95.7 cm³/mol. The van der Waals surface area contributed by atoms with E-state index in [4.69, 9.17) is 14.2 Å². The number of carbonyl (C=O) groups is 1. The molecular formula is C18H20BrNO4. The maximum absolute atomic E-state index is 12.0. The number of nitrogens with one attached hydrogen (secondary N) is 1. The highest BCUT2D eigenvalue weighted by Gasteiger charge is 2.13. The number of benzene rings is 2. The Hall–Kier alpha value is -2.21. The quantitative estimate of drug-likeness (QED) is 0.778. The molecule has 2 aromatic carbocycles. The molecule has 0 fully saturated rings. The van der Waals surface area contributed by atoms with Crippen molar-refractivity contribution in [3.05, 3.63) is 52.5 Å². The fraction of sp³-hybridized carbons (Fsp3) is 0.278. The Bertz CT molecular complexity index is 688. The van der Waals surface area contributed by atoms with Crippen molar-refractivity contribution in [2.45, 2.75) is 13.0 Å². The summed E-state index contributed by atoms with van der Waals surface area (Å²) in [6, 6.07) is 12.7. The molecule has 24 heavy (non-hydrogen) atoms. The van der Waals surface area contributed by atoms with Crippen molar-refractivity contribution in [1.82, 2.24) is 5.32 Å². The van der Waals surface area contributed by atoms with Gasteiger partial charge in [0.05, 0.1) is 20.3 Å². The van der Waals surface area contributed by atoms with Crippen LogP contribution in [0.4, 0.5) is 0 Å². The number of hydrogen-bond donors (Lipinski definition) is 1. The fourth-order valence-electron chi connectivity index (χ4n) is 2.17. The Kier molecular flexibility index (Phi) is 6.49. The van der Waals surface area contributed by atoms with Gasteiger partial charge < -0.3 is 19.5 Å². The molecule has 1 amide bonds. The first-order valence-corrected chi connectivity index (χ1v) is 8.22. The van der Waals surface area contributed by atoms with Gasteiger partial charge in [-0.25, -0.2) is 0 Å². The lowest BCUT2D eigenvalue weighted by Gasteiger charge is -2.16. The van der Waals surface area contributed by atoms with Gasteiger partial charge in [0.15, 0.2) is 18.1 Å². The summed E-state index contributed by atoms with van der Waals surface area (Å²) in [5, 5.41) is 2.90. The number of halogens is 1. The van der Waals surface area contributed by atoms with E-state index in [1.807, 2.05) is 37.3 Å². The minimum atomic E-state index is -0.194. The SMILES string of the molecule is COc1ccc([C@H](C)NC(=O)COc2ccc(Br)cc2)cc1OC. The van der Waals surface area contributed by atoms with Crippen LogP contribution in [-0.4, -0.2) is 26.7 Å². The monoisotopic (exact) mass is 393 g/mol. The Morgan fingerprint density at radius 3 is 2.38 bits per heavy atom. The maximum Gasteiger partial charge on any atom is 0.258 e. The lowest BCUT2D eigenvalue weighted by atomic mass is 10.1. The molecule has 2 rings (SSSR count). The Labute approximate surface area is 150 Å². The number of amides is 1. The molecule has 0 heterocycles. The van der Waals surface area contributed by atoms with Gasteiger partial charge in [0.1, 0.15) is 5.75 Å². The Morgan fingerprint density at radius 1 is 1.08 bits per heavy atom. The van der Waals surface area contributed by atoms with Gasteiger partial charge in [-0.05, 0) is 48.9 Å². The molecule has 0 aromatic heterocycles. The van der Waals surface area contributed by atoms with Gasteiger partial charge in [-0.3, -0.25) is 4.79 Å². The first-order valence-electron chi connectivity index (χ1n) is 7.43. The Morgan fingerprint density at radius 2 is 1.75 bits per heavy atom. The number of hydrogen-bond acceptors (Lipinski definition) is 4. The van der Waals surface area contributed by atoms with Crippen LogP contribution < -0.4 is 19.5 Å². The summed E-state index contributed by atoms with van der Waals surface area (Å²) in [7, 11) is 3.17. The molecule has 128 valence electrons. The Balaban J connectivity index is 1.92. The fourth-order valence-corrected chi connectivity index (χ4v) is 2.43. The van der Waals surface area contributed by atoms with E-state index < -0.39 is 0 Å². The van der Waals surface area contributed by atoms with Crippen molar-refractivity contribution in [2.24, 2.45) is 0 Å². The third kappa shape index (κ3) is 4.89. The molecular weight excluding hydrogens is 374 g/mol. The molecule has 0 aliphatic heterocycles. The molecule has 0 spiro atoms. The molecule has 0 bridgehead atoms. The topological polar surface area (TPSA) is 56.8 Å². The highest BCUT2D eigenvalue weighted by Crippen LogP contribution is 2.29. The summed E-state index contributed by atoms with van der Waals surface area (Å²) in [4.78, 5) is 12.0. The standard InChI is InChI=1S/C18H20BrNO4/c1-12(13-4-9-16(22-2)17(10-13)23-3)20-18(21)11-24-15-7-5-14(19)6-8-15/h4-10,12H,11H2,1-3H3,(H,20,21)/t12-/m0/s1.